The average Bonchev–Trinajstić information content (AvgIpc) is 3.15. The monoisotopic (exact) mass is 426 g/mol. The fourth-order valence-corrected chi connectivity index (χ4v) is 3.52. The van der Waals surface area contributed by atoms with Crippen molar-refractivity contribution in [2.75, 3.05) is 27.4 Å². The van der Waals surface area contributed by atoms with Gasteiger partial charge in [0.05, 0.1) is 37.7 Å². The molecule has 0 atom stereocenters. The van der Waals surface area contributed by atoms with Gasteiger partial charge in [0.2, 0.25) is 4.80 Å². The van der Waals surface area contributed by atoms with Crippen LogP contribution in [0.4, 0.5) is 0 Å². The van der Waals surface area contributed by atoms with E-state index in [1.807, 2.05) is 29.6 Å². The van der Waals surface area contributed by atoms with Crippen LogP contribution in [0.1, 0.15) is 15.9 Å². The molecule has 0 radical (unpaired) electrons. The van der Waals surface area contributed by atoms with Crippen LogP contribution in [0, 0.1) is 0 Å². The molecule has 8 nitrogen and oxygen atoms in total. The highest BCUT2D eigenvalue weighted by Gasteiger charge is 2.13. The lowest BCUT2D eigenvalue weighted by Crippen LogP contribution is -2.14. The van der Waals surface area contributed by atoms with Crippen LogP contribution in [-0.4, -0.2) is 49.3 Å². The second-order valence-electron chi connectivity index (χ2n) is 6.20. The van der Waals surface area contributed by atoms with Gasteiger partial charge in [-0.1, -0.05) is 0 Å². The highest BCUT2D eigenvalue weighted by molar-refractivity contribution is 7.07. The Morgan fingerprint density at radius 3 is 2.67 bits per heavy atom. The van der Waals surface area contributed by atoms with Gasteiger partial charge in [0.15, 0.2) is 0 Å². The number of hydrogen-bond donors (Lipinski definition) is 2. The summed E-state index contributed by atoms with van der Waals surface area (Å²) in [6.45, 7) is 0.969. The number of carbonyl (C=O) groups excluding carboxylic acids is 1. The van der Waals surface area contributed by atoms with E-state index < -0.39 is 5.91 Å². The number of ether oxygens (including phenoxy) is 2. The van der Waals surface area contributed by atoms with E-state index in [1.54, 1.807) is 31.2 Å². The highest BCUT2D eigenvalue weighted by atomic mass is 32.1. The summed E-state index contributed by atoms with van der Waals surface area (Å²) in [5, 5.41) is 16.4. The van der Waals surface area contributed by atoms with E-state index in [-0.39, 0.29) is 11.3 Å². The van der Waals surface area contributed by atoms with Crippen LogP contribution in [0.15, 0.2) is 57.9 Å². The Hall–Kier alpha value is -3.43. The van der Waals surface area contributed by atoms with Gasteiger partial charge in [-0.25, -0.2) is 4.68 Å². The zero-order valence-electron chi connectivity index (χ0n) is 16.6. The van der Waals surface area contributed by atoms with Crippen LogP contribution in [0.25, 0.3) is 11.3 Å². The Labute approximate surface area is 177 Å². The maximum atomic E-state index is 11.6. The molecule has 9 heteroatoms. The summed E-state index contributed by atoms with van der Waals surface area (Å²) in [4.78, 5) is 16.8. The van der Waals surface area contributed by atoms with Gasteiger partial charge in [-0.2, -0.15) is 5.10 Å². The number of aromatic nitrogens is 1. The number of hydrogen-bond acceptors (Lipinski definition) is 7. The molecule has 0 saturated carbocycles. The minimum atomic E-state index is -0.706. The first kappa shape index (κ1) is 21.3. The predicted molar refractivity (Wildman–Crippen MR) is 116 cm³/mol. The number of amides is 1. The maximum absolute atomic E-state index is 11.6. The number of rotatable bonds is 8. The Bertz CT molecular complexity index is 1120. The molecule has 3 N–H and O–H groups in total. The first-order valence-corrected chi connectivity index (χ1v) is 9.93. The highest BCUT2D eigenvalue weighted by Crippen LogP contribution is 2.26. The molecule has 2 aromatic carbocycles. The van der Waals surface area contributed by atoms with E-state index in [4.69, 9.17) is 15.2 Å². The van der Waals surface area contributed by atoms with Gasteiger partial charge in [0.1, 0.15) is 11.5 Å². The molecule has 0 aliphatic carbocycles. The van der Waals surface area contributed by atoms with Crippen molar-refractivity contribution >= 4 is 23.5 Å². The van der Waals surface area contributed by atoms with Crippen LogP contribution in [0.2, 0.25) is 0 Å². The first-order valence-electron chi connectivity index (χ1n) is 9.05. The molecule has 0 unspecified atom stereocenters. The van der Waals surface area contributed by atoms with Gasteiger partial charge in [0, 0.05) is 18.1 Å². The van der Waals surface area contributed by atoms with Gasteiger partial charge in [-0.3, -0.25) is 9.79 Å². The molecule has 1 heterocycles. The van der Waals surface area contributed by atoms with E-state index in [9.17, 15) is 9.90 Å². The summed E-state index contributed by atoms with van der Waals surface area (Å²) in [5.41, 5.74) is 7.68. The van der Waals surface area contributed by atoms with Crippen molar-refractivity contribution in [1.82, 2.24) is 4.68 Å². The molecule has 1 aromatic heterocycles. The van der Waals surface area contributed by atoms with Gasteiger partial charge in [0.25, 0.3) is 5.91 Å². The molecule has 0 fully saturated rings. The molecular formula is C21H22N4O4S. The van der Waals surface area contributed by atoms with Crippen molar-refractivity contribution < 1.29 is 19.4 Å². The lowest BCUT2D eigenvalue weighted by Gasteiger charge is -2.07. The normalized spacial score (nSPS) is 11.9. The molecule has 156 valence electrons. The molecule has 0 aliphatic rings. The third-order valence-electron chi connectivity index (χ3n) is 4.22. The van der Waals surface area contributed by atoms with Gasteiger partial charge in [-0.05, 0) is 48.0 Å². The summed E-state index contributed by atoms with van der Waals surface area (Å²) in [6.07, 6.45) is 1.71. The van der Waals surface area contributed by atoms with Crippen molar-refractivity contribution in [3.05, 3.63) is 63.8 Å². The number of phenols is 1. The SMILES string of the molecule is COCCN=c1scc(-c2ccc(O)c(C(N)=O)c2)n1/N=C/c1ccc(OC)cc1. The fraction of sp³-hybridized carbons (Fsp3) is 0.190. The summed E-state index contributed by atoms with van der Waals surface area (Å²) >= 11 is 1.41. The molecule has 0 aliphatic heterocycles. The number of aromatic hydroxyl groups is 1. The number of nitrogens with two attached hydrogens (primary N) is 1. The predicted octanol–water partition coefficient (Wildman–Crippen LogP) is 2.46. The Balaban J connectivity index is 2.05. The zero-order chi connectivity index (χ0) is 21.5. The Morgan fingerprint density at radius 2 is 2.00 bits per heavy atom. The van der Waals surface area contributed by atoms with Crippen molar-refractivity contribution in [2.24, 2.45) is 15.8 Å². The van der Waals surface area contributed by atoms with E-state index in [1.165, 1.54) is 23.5 Å². The van der Waals surface area contributed by atoms with Crippen molar-refractivity contribution in [1.29, 1.82) is 0 Å². The maximum Gasteiger partial charge on any atom is 0.252 e. The van der Waals surface area contributed by atoms with Crippen molar-refractivity contribution in [3.8, 4) is 22.8 Å². The van der Waals surface area contributed by atoms with Crippen LogP contribution >= 0.6 is 11.3 Å². The first-order chi connectivity index (χ1) is 14.5. The third-order valence-corrected chi connectivity index (χ3v) is 5.08. The molecule has 0 bridgehead atoms. The molecular weight excluding hydrogens is 404 g/mol. The second kappa shape index (κ2) is 9.86. The Morgan fingerprint density at radius 1 is 1.23 bits per heavy atom. The smallest absolute Gasteiger partial charge is 0.252 e. The topological polar surface area (TPSA) is 111 Å². The number of benzene rings is 2. The van der Waals surface area contributed by atoms with Gasteiger partial charge in [-0.15, -0.1) is 11.3 Å². The largest absolute Gasteiger partial charge is 0.507 e. The van der Waals surface area contributed by atoms with Gasteiger partial charge >= 0.3 is 0 Å². The summed E-state index contributed by atoms with van der Waals surface area (Å²) in [7, 11) is 3.23. The number of methoxy groups -OCH3 is 2. The van der Waals surface area contributed by atoms with E-state index >= 15 is 0 Å². The average molecular weight is 426 g/mol. The van der Waals surface area contributed by atoms with Gasteiger partial charge < -0.3 is 20.3 Å². The summed E-state index contributed by atoms with van der Waals surface area (Å²) < 4.78 is 11.9. The quantitative estimate of drug-likeness (QED) is 0.426. The fourth-order valence-electron chi connectivity index (χ4n) is 2.66. The molecule has 3 aromatic rings. The van der Waals surface area contributed by atoms with E-state index in [0.29, 0.717) is 29.2 Å². The number of nitrogens with zero attached hydrogens (tertiary/aromatic N) is 3. The number of carbonyl (C=O) groups is 1. The number of primary amides is 1. The summed E-state index contributed by atoms with van der Waals surface area (Å²) in [6, 6.07) is 12.2. The molecule has 30 heavy (non-hydrogen) atoms. The van der Waals surface area contributed by atoms with Crippen LogP contribution in [0.5, 0.6) is 11.5 Å². The lowest BCUT2D eigenvalue weighted by atomic mass is 10.1. The van der Waals surface area contributed by atoms with Crippen molar-refractivity contribution in [3.63, 3.8) is 0 Å². The minimum absolute atomic E-state index is 0.0438. The van der Waals surface area contributed by atoms with Crippen molar-refractivity contribution in [2.45, 2.75) is 0 Å². The van der Waals surface area contributed by atoms with Crippen LogP contribution in [0.3, 0.4) is 0 Å². The zero-order valence-corrected chi connectivity index (χ0v) is 17.4. The standard InChI is InChI=1S/C21H22N4O4S/c1-28-10-9-23-21-25(24-12-14-3-6-16(29-2)7-4-14)18(13-30-21)15-5-8-19(26)17(11-15)20(22)27/h3-8,11-13,26H,9-10H2,1-2H3,(H2,22,27)/b23-21?,24-12+. The van der Waals surface area contributed by atoms with E-state index in [0.717, 1.165) is 11.3 Å². The second-order valence-corrected chi connectivity index (χ2v) is 7.04. The molecule has 3 rings (SSSR count). The van der Waals surface area contributed by atoms with E-state index in [2.05, 4.69) is 10.1 Å². The third kappa shape index (κ3) is 4.94. The molecule has 0 spiro atoms. The number of thiazole rings is 1. The van der Waals surface area contributed by atoms with Crippen LogP contribution < -0.4 is 15.3 Å². The molecule has 1 amide bonds. The lowest BCUT2D eigenvalue weighted by molar-refractivity contribution is 0.0998. The molecule has 0 saturated heterocycles. The summed E-state index contributed by atoms with van der Waals surface area (Å²) in [5.74, 6) is -0.114. The Kier molecular flexibility index (Phi) is 6.99. The minimum Gasteiger partial charge on any atom is -0.507 e. The van der Waals surface area contributed by atoms with Crippen LogP contribution in [-0.2, 0) is 4.74 Å².